The molecule has 0 N–H and O–H groups in total. The van der Waals surface area contributed by atoms with E-state index in [1.54, 1.807) is 11.8 Å². The molecule has 0 bridgehead atoms. The van der Waals surface area contributed by atoms with E-state index in [4.69, 9.17) is 4.52 Å². The topological polar surface area (TPSA) is 26.3 Å². The van der Waals surface area contributed by atoms with Gasteiger partial charge in [0.1, 0.15) is 5.44 Å². The zero-order valence-electron chi connectivity index (χ0n) is 8.64. The molecule has 0 spiro atoms. The zero-order valence-corrected chi connectivity index (χ0v) is 12.0. The van der Waals surface area contributed by atoms with E-state index in [1.165, 1.54) is 22.8 Å². The fourth-order valence-corrected chi connectivity index (χ4v) is 6.17. The van der Waals surface area contributed by atoms with Gasteiger partial charge in [-0.15, -0.1) is 11.8 Å². The van der Waals surface area contributed by atoms with Crippen molar-refractivity contribution >= 4 is 40.3 Å². The predicted octanol–water partition coefficient (Wildman–Crippen LogP) is 4.32. The molecule has 0 aliphatic carbocycles. The molecule has 1 atom stereocenters. The maximum Gasteiger partial charge on any atom is 0.313 e. The van der Waals surface area contributed by atoms with E-state index in [9.17, 15) is 4.57 Å². The molecule has 0 heterocycles. The van der Waals surface area contributed by atoms with Crippen LogP contribution in [0.2, 0.25) is 0 Å². The second-order valence-corrected chi connectivity index (χ2v) is 12.2. The minimum absolute atomic E-state index is 0.00531. The first-order chi connectivity index (χ1) is 5.93. The van der Waals surface area contributed by atoms with Crippen LogP contribution >= 0.6 is 40.3 Å². The summed E-state index contributed by atoms with van der Waals surface area (Å²) in [5, 5.41) is 0.507. The van der Waals surface area contributed by atoms with Crippen LogP contribution in [-0.2, 0) is 9.09 Å². The molecule has 0 radical (unpaired) electrons. The highest BCUT2D eigenvalue weighted by atomic mass is 33.1. The van der Waals surface area contributed by atoms with E-state index in [2.05, 4.69) is 13.8 Å². The van der Waals surface area contributed by atoms with Crippen LogP contribution < -0.4 is 0 Å². The summed E-state index contributed by atoms with van der Waals surface area (Å²) in [6.07, 6.45) is 3.65. The standard InChI is InChI=1S/C7H17O2PS3/c1-6(2)13-7(3)9-10(8,11-4)12-5/h6-7H,1-5H3. The molecule has 1 unspecified atom stereocenters. The number of rotatable bonds is 6. The van der Waals surface area contributed by atoms with Crippen molar-refractivity contribution < 1.29 is 9.09 Å². The van der Waals surface area contributed by atoms with Crippen LogP contribution in [0.4, 0.5) is 0 Å². The Hall–Kier alpha value is 1.24. The Labute approximate surface area is 93.3 Å². The van der Waals surface area contributed by atoms with E-state index in [-0.39, 0.29) is 5.44 Å². The monoisotopic (exact) mass is 260 g/mol. The highest BCUT2D eigenvalue weighted by Gasteiger charge is 2.24. The largest absolute Gasteiger partial charge is 0.313 e. The van der Waals surface area contributed by atoms with Gasteiger partial charge in [-0.2, -0.15) is 0 Å². The van der Waals surface area contributed by atoms with Gasteiger partial charge in [0.05, 0.1) is 0 Å². The Balaban J connectivity index is 4.02. The van der Waals surface area contributed by atoms with Gasteiger partial charge in [0.2, 0.25) is 0 Å². The Morgan fingerprint density at radius 2 is 1.62 bits per heavy atom. The molecule has 0 aliphatic rings. The molecule has 0 saturated carbocycles. The Morgan fingerprint density at radius 1 is 1.15 bits per heavy atom. The summed E-state index contributed by atoms with van der Waals surface area (Å²) >= 11 is 4.31. The lowest BCUT2D eigenvalue weighted by Gasteiger charge is -2.19. The number of thioether (sulfide) groups is 1. The second-order valence-electron chi connectivity index (χ2n) is 2.67. The molecular weight excluding hydrogens is 243 g/mol. The third-order valence-corrected chi connectivity index (χ3v) is 9.71. The van der Waals surface area contributed by atoms with Gasteiger partial charge in [0.25, 0.3) is 0 Å². The lowest BCUT2D eigenvalue weighted by Crippen LogP contribution is -2.03. The van der Waals surface area contributed by atoms with E-state index < -0.39 is 5.77 Å². The van der Waals surface area contributed by atoms with Gasteiger partial charge in [-0.25, -0.2) is 0 Å². The third kappa shape index (κ3) is 6.34. The van der Waals surface area contributed by atoms with Crippen molar-refractivity contribution in [1.82, 2.24) is 0 Å². The summed E-state index contributed by atoms with van der Waals surface area (Å²) in [4.78, 5) is 0. The van der Waals surface area contributed by atoms with Gasteiger partial charge in [-0.05, 0) is 19.4 Å². The molecule has 0 aliphatic heterocycles. The minimum atomic E-state index is -2.48. The van der Waals surface area contributed by atoms with Crippen LogP contribution in [0.3, 0.4) is 0 Å². The van der Waals surface area contributed by atoms with Crippen LogP contribution in [0.25, 0.3) is 0 Å². The summed E-state index contributed by atoms with van der Waals surface area (Å²) in [5.41, 5.74) is 0.00531. The zero-order chi connectivity index (χ0) is 10.5. The average Bonchev–Trinajstić information content (AvgIpc) is 2.02. The maximum atomic E-state index is 11.8. The van der Waals surface area contributed by atoms with Crippen molar-refractivity contribution in [2.45, 2.75) is 31.5 Å². The summed E-state index contributed by atoms with van der Waals surface area (Å²) in [6.45, 7) is 6.16. The fraction of sp³-hybridized carbons (Fsp3) is 1.00. The predicted molar refractivity (Wildman–Crippen MR) is 67.9 cm³/mol. The SMILES string of the molecule is CSP(=O)(OC(C)SC(C)C)SC. The van der Waals surface area contributed by atoms with Gasteiger partial charge < -0.3 is 0 Å². The van der Waals surface area contributed by atoms with Crippen LogP contribution in [0.5, 0.6) is 0 Å². The lowest BCUT2D eigenvalue weighted by atomic mass is 10.6. The molecule has 6 heteroatoms. The number of hydrogen-bond acceptors (Lipinski definition) is 5. The summed E-state index contributed by atoms with van der Waals surface area (Å²) in [5.74, 6) is -2.48. The van der Waals surface area contributed by atoms with Crippen molar-refractivity contribution in [2.75, 3.05) is 12.5 Å². The van der Waals surface area contributed by atoms with Gasteiger partial charge in [0, 0.05) is 5.25 Å². The van der Waals surface area contributed by atoms with Crippen molar-refractivity contribution in [2.24, 2.45) is 0 Å². The first kappa shape index (κ1) is 14.2. The molecular formula is C7H17O2PS3. The van der Waals surface area contributed by atoms with Crippen LogP contribution in [0.15, 0.2) is 0 Å². The Morgan fingerprint density at radius 3 is 1.92 bits per heavy atom. The van der Waals surface area contributed by atoms with Crippen LogP contribution in [0.1, 0.15) is 20.8 Å². The first-order valence-corrected chi connectivity index (χ1v) is 10.2. The number of hydrogen-bond donors (Lipinski definition) is 0. The van der Waals surface area contributed by atoms with Crippen molar-refractivity contribution in [3.8, 4) is 0 Å². The highest BCUT2D eigenvalue weighted by Crippen LogP contribution is 2.68. The lowest BCUT2D eigenvalue weighted by molar-refractivity contribution is 0.326. The van der Waals surface area contributed by atoms with E-state index in [0.717, 1.165) is 0 Å². The summed E-state index contributed by atoms with van der Waals surface area (Å²) in [7, 11) is 0. The van der Waals surface area contributed by atoms with Gasteiger partial charge in [-0.3, -0.25) is 9.09 Å². The van der Waals surface area contributed by atoms with Crippen LogP contribution in [-0.4, -0.2) is 23.2 Å². The summed E-state index contributed by atoms with van der Waals surface area (Å²) < 4.78 is 17.3. The molecule has 0 aromatic rings. The van der Waals surface area contributed by atoms with Crippen molar-refractivity contribution in [3.63, 3.8) is 0 Å². The van der Waals surface area contributed by atoms with Gasteiger partial charge in [0.15, 0.2) is 0 Å². The fourth-order valence-electron chi connectivity index (χ4n) is 0.751. The Kier molecular flexibility index (Phi) is 7.31. The molecule has 0 saturated heterocycles. The molecule has 0 rings (SSSR count). The first-order valence-electron chi connectivity index (χ1n) is 3.99. The van der Waals surface area contributed by atoms with Crippen molar-refractivity contribution in [3.05, 3.63) is 0 Å². The third-order valence-electron chi connectivity index (χ3n) is 1.19. The smallest absolute Gasteiger partial charge is 0.300 e. The van der Waals surface area contributed by atoms with Crippen molar-refractivity contribution in [1.29, 1.82) is 0 Å². The molecule has 2 nitrogen and oxygen atoms in total. The Bertz CT molecular complexity index is 179. The normalized spacial score (nSPS) is 14.9. The van der Waals surface area contributed by atoms with E-state index in [0.29, 0.717) is 5.25 Å². The van der Waals surface area contributed by atoms with E-state index in [1.807, 2.05) is 19.4 Å². The van der Waals surface area contributed by atoms with E-state index >= 15 is 0 Å². The molecule has 0 aromatic carbocycles. The maximum absolute atomic E-state index is 11.8. The summed E-state index contributed by atoms with van der Waals surface area (Å²) in [6, 6.07) is 0. The van der Waals surface area contributed by atoms with Gasteiger partial charge >= 0.3 is 5.77 Å². The minimum Gasteiger partial charge on any atom is -0.300 e. The molecule has 0 aromatic heterocycles. The molecule has 80 valence electrons. The quantitative estimate of drug-likeness (QED) is 0.523. The van der Waals surface area contributed by atoms with Gasteiger partial charge in [-0.1, -0.05) is 36.6 Å². The average molecular weight is 260 g/mol. The molecule has 0 amide bonds. The van der Waals surface area contributed by atoms with Crippen LogP contribution in [0, 0.1) is 0 Å². The second kappa shape index (κ2) is 6.67. The highest BCUT2D eigenvalue weighted by molar-refractivity contribution is 8.88. The molecule has 0 fully saturated rings. The molecule has 13 heavy (non-hydrogen) atoms.